The van der Waals surface area contributed by atoms with E-state index in [9.17, 15) is 4.79 Å². The molecular formula is C10H17N5O. The number of nitrogens with two attached hydrogens (primary N) is 1. The molecule has 0 aliphatic heterocycles. The Labute approximate surface area is 94.0 Å². The Balaban J connectivity index is 2.04. The fourth-order valence-corrected chi connectivity index (χ4v) is 1.31. The van der Waals surface area contributed by atoms with Crippen LogP contribution in [0.1, 0.15) is 43.6 Å². The predicted molar refractivity (Wildman–Crippen MR) is 58.9 cm³/mol. The largest absolute Gasteiger partial charge is 0.345 e. The number of aromatic nitrogens is 3. The third-order valence-corrected chi connectivity index (χ3v) is 2.56. The molecule has 6 nitrogen and oxygen atoms in total. The highest BCUT2D eigenvalue weighted by molar-refractivity contribution is 5.90. The number of aromatic amines is 1. The lowest BCUT2D eigenvalue weighted by atomic mass is 9.96. The maximum absolute atomic E-state index is 11.7. The molecule has 2 rings (SSSR count). The molecule has 1 heterocycles. The van der Waals surface area contributed by atoms with Crippen molar-refractivity contribution in [3.8, 4) is 0 Å². The zero-order valence-corrected chi connectivity index (χ0v) is 9.74. The van der Waals surface area contributed by atoms with Gasteiger partial charge in [-0.15, -0.1) is 5.10 Å². The minimum atomic E-state index is -0.260. The number of hydrogen-bond donors (Lipinski definition) is 3. The van der Waals surface area contributed by atoms with Gasteiger partial charge in [-0.2, -0.15) is 0 Å². The highest BCUT2D eigenvalue weighted by Crippen LogP contribution is 2.19. The zero-order chi connectivity index (χ0) is 11.9. The second-order valence-electron chi connectivity index (χ2n) is 5.24. The maximum Gasteiger partial charge on any atom is 0.291 e. The molecule has 0 radical (unpaired) electrons. The van der Waals surface area contributed by atoms with Crippen molar-refractivity contribution >= 4 is 5.91 Å². The average Bonchev–Trinajstić information content (AvgIpc) is 2.70. The van der Waals surface area contributed by atoms with Crippen molar-refractivity contribution in [1.29, 1.82) is 0 Å². The quantitative estimate of drug-likeness (QED) is 0.654. The molecule has 2 unspecified atom stereocenters. The molecule has 4 N–H and O–H groups in total. The third-order valence-electron chi connectivity index (χ3n) is 2.56. The van der Waals surface area contributed by atoms with Crippen LogP contribution in [-0.4, -0.2) is 33.2 Å². The fraction of sp³-hybridized carbons (Fsp3) is 0.700. The summed E-state index contributed by atoms with van der Waals surface area (Å²) in [5.74, 6) is 0.631. The van der Waals surface area contributed by atoms with Gasteiger partial charge in [0.2, 0.25) is 5.82 Å². The molecule has 1 aliphatic rings. The van der Waals surface area contributed by atoms with Crippen molar-refractivity contribution in [2.75, 3.05) is 0 Å². The topological polar surface area (TPSA) is 96.7 Å². The Morgan fingerprint density at radius 2 is 2.19 bits per heavy atom. The zero-order valence-electron chi connectivity index (χ0n) is 9.74. The lowest BCUT2D eigenvalue weighted by molar-refractivity contribution is 0.0940. The van der Waals surface area contributed by atoms with Gasteiger partial charge in [0, 0.05) is 17.5 Å². The highest BCUT2D eigenvalue weighted by Gasteiger charge is 2.35. The van der Waals surface area contributed by atoms with E-state index in [-0.39, 0.29) is 29.2 Å². The van der Waals surface area contributed by atoms with Gasteiger partial charge < -0.3 is 11.1 Å². The van der Waals surface area contributed by atoms with Gasteiger partial charge in [-0.1, -0.05) is 20.8 Å². The Bertz CT molecular complexity index is 406. The summed E-state index contributed by atoms with van der Waals surface area (Å²) < 4.78 is 0. The van der Waals surface area contributed by atoms with Crippen LogP contribution in [0.5, 0.6) is 0 Å². The standard InChI is InChI=1S/C10H17N5O/c1-10(2,3)9-13-7(14-15-9)8(16)12-6-4-5(6)11/h5-6H,4,11H2,1-3H3,(H,12,16)(H,13,14,15). The van der Waals surface area contributed by atoms with Gasteiger partial charge in [0.15, 0.2) is 0 Å². The van der Waals surface area contributed by atoms with E-state index in [0.717, 1.165) is 6.42 Å². The van der Waals surface area contributed by atoms with E-state index < -0.39 is 0 Å². The monoisotopic (exact) mass is 223 g/mol. The van der Waals surface area contributed by atoms with Crippen LogP contribution in [0, 0.1) is 0 Å². The van der Waals surface area contributed by atoms with Crippen LogP contribution in [0.2, 0.25) is 0 Å². The molecule has 0 spiro atoms. The van der Waals surface area contributed by atoms with Crippen LogP contribution in [0.15, 0.2) is 0 Å². The molecule has 1 aromatic rings. The lowest BCUT2D eigenvalue weighted by Gasteiger charge is -2.12. The van der Waals surface area contributed by atoms with Gasteiger partial charge >= 0.3 is 0 Å². The number of carbonyl (C=O) groups excluding carboxylic acids is 1. The van der Waals surface area contributed by atoms with Crippen LogP contribution in [0.3, 0.4) is 0 Å². The molecule has 1 aromatic heterocycles. The number of amides is 1. The summed E-state index contributed by atoms with van der Waals surface area (Å²) in [6.45, 7) is 6.02. The third kappa shape index (κ3) is 2.21. The molecule has 0 bridgehead atoms. The van der Waals surface area contributed by atoms with E-state index in [1.165, 1.54) is 0 Å². The minimum absolute atomic E-state index is 0.0871. The van der Waals surface area contributed by atoms with E-state index in [2.05, 4.69) is 20.5 Å². The normalized spacial score (nSPS) is 24.2. The van der Waals surface area contributed by atoms with E-state index in [0.29, 0.717) is 5.82 Å². The highest BCUT2D eigenvalue weighted by atomic mass is 16.2. The predicted octanol–water partition coefficient (Wildman–Crippen LogP) is -0.0684. The number of nitrogens with zero attached hydrogens (tertiary/aromatic N) is 2. The second kappa shape index (κ2) is 3.55. The SMILES string of the molecule is CC(C)(C)c1nc(C(=O)NC2CC2N)n[nH]1. The molecule has 88 valence electrons. The number of rotatable bonds is 2. The molecule has 1 aliphatic carbocycles. The minimum Gasteiger partial charge on any atom is -0.345 e. The molecular weight excluding hydrogens is 206 g/mol. The first kappa shape index (κ1) is 11.1. The summed E-state index contributed by atoms with van der Waals surface area (Å²) >= 11 is 0. The van der Waals surface area contributed by atoms with Crippen molar-refractivity contribution in [3.63, 3.8) is 0 Å². The molecule has 0 aromatic carbocycles. The van der Waals surface area contributed by atoms with E-state index in [4.69, 9.17) is 5.73 Å². The van der Waals surface area contributed by atoms with Crippen molar-refractivity contribution in [2.24, 2.45) is 5.73 Å². The smallest absolute Gasteiger partial charge is 0.291 e. The average molecular weight is 223 g/mol. The van der Waals surface area contributed by atoms with Crippen LogP contribution >= 0.6 is 0 Å². The number of nitrogens with one attached hydrogen (secondary N) is 2. The Morgan fingerprint density at radius 1 is 1.56 bits per heavy atom. The van der Waals surface area contributed by atoms with Crippen LogP contribution < -0.4 is 11.1 Å². The molecule has 16 heavy (non-hydrogen) atoms. The van der Waals surface area contributed by atoms with Gasteiger partial charge in [-0.25, -0.2) is 4.98 Å². The molecule has 1 saturated carbocycles. The van der Waals surface area contributed by atoms with Crippen LogP contribution in [0.25, 0.3) is 0 Å². The molecule has 2 atom stereocenters. The van der Waals surface area contributed by atoms with Crippen LogP contribution in [0.4, 0.5) is 0 Å². The Kier molecular flexibility index (Phi) is 2.46. The van der Waals surface area contributed by atoms with Crippen LogP contribution in [-0.2, 0) is 5.41 Å². The summed E-state index contributed by atoms with van der Waals surface area (Å²) in [6.07, 6.45) is 0.836. The summed E-state index contributed by atoms with van der Waals surface area (Å²) in [7, 11) is 0. The summed E-state index contributed by atoms with van der Waals surface area (Å²) in [5, 5.41) is 9.45. The molecule has 1 fully saturated rings. The van der Waals surface area contributed by atoms with E-state index >= 15 is 0 Å². The summed E-state index contributed by atoms with van der Waals surface area (Å²) in [4.78, 5) is 15.8. The van der Waals surface area contributed by atoms with Crippen molar-refractivity contribution in [3.05, 3.63) is 11.6 Å². The number of H-pyrrole nitrogens is 1. The van der Waals surface area contributed by atoms with E-state index in [1.807, 2.05) is 20.8 Å². The second-order valence-corrected chi connectivity index (χ2v) is 5.24. The summed E-state index contributed by atoms with van der Waals surface area (Å²) in [5.41, 5.74) is 5.47. The first-order chi connectivity index (χ1) is 7.38. The van der Waals surface area contributed by atoms with E-state index in [1.54, 1.807) is 0 Å². The van der Waals surface area contributed by atoms with Crippen molar-refractivity contribution in [1.82, 2.24) is 20.5 Å². The number of carbonyl (C=O) groups is 1. The van der Waals surface area contributed by atoms with Gasteiger partial charge in [-0.05, 0) is 6.42 Å². The van der Waals surface area contributed by atoms with Gasteiger partial charge in [0.25, 0.3) is 5.91 Å². The first-order valence-electron chi connectivity index (χ1n) is 5.37. The van der Waals surface area contributed by atoms with Crippen molar-refractivity contribution < 1.29 is 4.79 Å². The molecule has 0 saturated heterocycles. The maximum atomic E-state index is 11.7. The summed E-state index contributed by atoms with van der Waals surface area (Å²) in [6, 6.07) is 0.175. The van der Waals surface area contributed by atoms with Gasteiger partial charge in [-0.3, -0.25) is 9.89 Å². The van der Waals surface area contributed by atoms with Gasteiger partial charge in [0.1, 0.15) is 5.82 Å². The first-order valence-corrected chi connectivity index (χ1v) is 5.37. The lowest BCUT2D eigenvalue weighted by Crippen LogP contribution is -2.30. The van der Waals surface area contributed by atoms with Gasteiger partial charge in [0.05, 0.1) is 0 Å². The Morgan fingerprint density at radius 3 is 2.62 bits per heavy atom. The van der Waals surface area contributed by atoms with Crippen molar-refractivity contribution in [2.45, 2.75) is 44.7 Å². The fourth-order valence-electron chi connectivity index (χ4n) is 1.31. The molecule has 1 amide bonds. The molecule has 6 heteroatoms. The number of hydrogen-bond acceptors (Lipinski definition) is 4. The Hall–Kier alpha value is -1.43.